The number of aromatic amines is 1. The van der Waals surface area contributed by atoms with Crippen molar-refractivity contribution in [3.8, 4) is 27.8 Å². The van der Waals surface area contributed by atoms with Crippen LogP contribution in [-0.4, -0.2) is 20.6 Å². The molecule has 0 unspecified atom stereocenters. The monoisotopic (exact) mass is 340 g/mol. The first-order valence-corrected chi connectivity index (χ1v) is 8.74. The van der Waals surface area contributed by atoms with Crippen molar-refractivity contribution in [2.24, 2.45) is 0 Å². The minimum Gasteiger partial charge on any atom is -0.300 e. The third kappa shape index (κ3) is 3.04. The molecule has 0 saturated heterocycles. The average Bonchev–Trinajstić information content (AvgIpc) is 3.00. The molecule has 0 spiro atoms. The molecule has 114 valence electrons. The Morgan fingerprint density at radius 3 is 2.74 bits per heavy atom. The number of benzene rings is 1. The molecule has 0 bridgehead atoms. The number of nitrogens with one attached hydrogen (secondary N) is 1. The second-order valence-corrected chi connectivity index (χ2v) is 6.42. The lowest BCUT2D eigenvalue weighted by molar-refractivity contribution is 0.938. The second-order valence-electron chi connectivity index (χ2n) is 4.82. The highest BCUT2D eigenvalue weighted by Crippen LogP contribution is 2.29. The molecule has 0 atom stereocenters. The molecular weight excluding hydrogens is 328 g/mol. The van der Waals surface area contributed by atoms with E-state index < -0.39 is 5.56 Å². The molecule has 0 fully saturated rings. The van der Waals surface area contributed by atoms with Crippen LogP contribution in [0, 0.1) is 18.3 Å². The standard InChI is InChI=1S/C16H12N4OS2/c1-9-6-13(23-20-9)10-4-3-5-11(7-10)14-12(8-17)15(21)19-16(18-14)22-2/h3-7H,1-2H3,(H,18,19,21). The summed E-state index contributed by atoms with van der Waals surface area (Å²) in [5.41, 5.74) is 2.72. The third-order valence-corrected chi connectivity index (χ3v) is 4.76. The van der Waals surface area contributed by atoms with E-state index in [1.807, 2.05) is 49.6 Å². The van der Waals surface area contributed by atoms with Crippen LogP contribution >= 0.6 is 23.3 Å². The van der Waals surface area contributed by atoms with Crippen molar-refractivity contribution in [1.29, 1.82) is 5.26 Å². The van der Waals surface area contributed by atoms with Gasteiger partial charge in [0.2, 0.25) is 0 Å². The van der Waals surface area contributed by atoms with Gasteiger partial charge in [-0.1, -0.05) is 30.0 Å². The molecule has 3 aromatic rings. The Balaban J connectivity index is 2.18. The minimum atomic E-state index is -0.416. The predicted molar refractivity (Wildman–Crippen MR) is 92.6 cm³/mol. The van der Waals surface area contributed by atoms with Crippen molar-refractivity contribution in [1.82, 2.24) is 14.3 Å². The molecule has 0 aliphatic carbocycles. The summed E-state index contributed by atoms with van der Waals surface area (Å²) < 4.78 is 4.29. The molecule has 1 aromatic carbocycles. The molecule has 1 N–H and O–H groups in total. The SMILES string of the molecule is CSc1nc(-c2cccc(-c3cc(C)ns3)c2)c(C#N)c(=O)[nH]1. The molecule has 5 nitrogen and oxygen atoms in total. The lowest BCUT2D eigenvalue weighted by atomic mass is 10.0. The van der Waals surface area contributed by atoms with Crippen molar-refractivity contribution < 1.29 is 0 Å². The fourth-order valence-electron chi connectivity index (χ4n) is 2.18. The zero-order valence-electron chi connectivity index (χ0n) is 12.5. The number of aromatic nitrogens is 3. The van der Waals surface area contributed by atoms with E-state index in [4.69, 9.17) is 0 Å². The average molecular weight is 340 g/mol. The summed E-state index contributed by atoms with van der Waals surface area (Å²) in [6, 6.07) is 11.6. The Morgan fingerprint density at radius 2 is 2.09 bits per heavy atom. The van der Waals surface area contributed by atoms with Crippen LogP contribution in [0.1, 0.15) is 11.3 Å². The van der Waals surface area contributed by atoms with Crippen molar-refractivity contribution in [2.45, 2.75) is 12.1 Å². The number of H-pyrrole nitrogens is 1. The summed E-state index contributed by atoms with van der Waals surface area (Å²) in [5, 5.41) is 9.78. The lowest BCUT2D eigenvalue weighted by Crippen LogP contribution is -2.14. The first-order valence-electron chi connectivity index (χ1n) is 6.75. The van der Waals surface area contributed by atoms with Crippen molar-refractivity contribution in [3.05, 3.63) is 51.9 Å². The van der Waals surface area contributed by atoms with Crippen molar-refractivity contribution in [3.63, 3.8) is 0 Å². The molecular formula is C16H12N4OS2. The summed E-state index contributed by atoms with van der Waals surface area (Å²) >= 11 is 2.75. The van der Waals surface area contributed by atoms with Gasteiger partial charge in [0.05, 0.1) is 16.3 Å². The maximum absolute atomic E-state index is 12.0. The molecule has 0 saturated carbocycles. The van der Waals surface area contributed by atoms with Gasteiger partial charge in [-0.05, 0) is 42.4 Å². The molecule has 0 aliphatic rings. The summed E-state index contributed by atoms with van der Waals surface area (Å²) in [6.45, 7) is 1.95. The number of aryl methyl sites for hydroxylation is 1. The number of rotatable bonds is 3. The highest BCUT2D eigenvalue weighted by atomic mass is 32.2. The van der Waals surface area contributed by atoms with Crippen LogP contribution in [0.2, 0.25) is 0 Å². The molecule has 0 radical (unpaired) electrons. The Hall–Kier alpha value is -2.43. The van der Waals surface area contributed by atoms with Gasteiger partial charge in [-0.25, -0.2) is 4.98 Å². The smallest absolute Gasteiger partial charge is 0.270 e. The summed E-state index contributed by atoms with van der Waals surface area (Å²) in [6.07, 6.45) is 1.82. The van der Waals surface area contributed by atoms with E-state index in [1.54, 1.807) is 0 Å². The van der Waals surface area contributed by atoms with E-state index in [-0.39, 0.29) is 5.56 Å². The lowest BCUT2D eigenvalue weighted by Gasteiger charge is -2.06. The van der Waals surface area contributed by atoms with Gasteiger partial charge in [-0.3, -0.25) is 4.79 Å². The third-order valence-electron chi connectivity index (χ3n) is 3.25. The van der Waals surface area contributed by atoms with E-state index in [1.165, 1.54) is 23.3 Å². The fraction of sp³-hybridized carbons (Fsp3) is 0.125. The number of nitriles is 1. The Morgan fingerprint density at radius 1 is 1.30 bits per heavy atom. The Labute approximate surface area is 141 Å². The van der Waals surface area contributed by atoms with Gasteiger partial charge in [0.1, 0.15) is 11.6 Å². The van der Waals surface area contributed by atoms with Crippen LogP contribution < -0.4 is 5.56 Å². The number of hydrogen-bond acceptors (Lipinski definition) is 6. The topological polar surface area (TPSA) is 82.4 Å². The molecule has 0 amide bonds. The van der Waals surface area contributed by atoms with Crippen LogP contribution in [0.5, 0.6) is 0 Å². The minimum absolute atomic E-state index is 0.0282. The first kappa shape index (κ1) is 15.5. The van der Waals surface area contributed by atoms with Crippen LogP contribution in [0.3, 0.4) is 0 Å². The van der Waals surface area contributed by atoms with Gasteiger partial charge in [-0.2, -0.15) is 9.64 Å². The maximum Gasteiger partial charge on any atom is 0.270 e. The fourth-order valence-corrected chi connectivity index (χ4v) is 3.31. The summed E-state index contributed by atoms with van der Waals surface area (Å²) in [4.78, 5) is 20.1. The van der Waals surface area contributed by atoms with Crippen LogP contribution in [-0.2, 0) is 0 Å². The van der Waals surface area contributed by atoms with E-state index >= 15 is 0 Å². The van der Waals surface area contributed by atoms with Gasteiger partial charge in [-0.15, -0.1) is 0 Å². The highest BCUT2D eigenvalue weighted by Gasteiger charge is 2.14. The predicted octanol–water partition coefficient (Wildman–Crippen LogP) is 3.46. The van der Waals surface area contributed by atoms with Crippen molar-refractivity contribution in [2.75, 3.05) is 6.26 Å². The van der Waals surface area contributed by atoms with Gasteiger partial charge in [0.25, 0.3) is 5.56 Å². The van der Waals surface area contributed by atoms with Crippen LogP contribution in [0.25, 0.3) is 21.7 Å². The molecule has 3 rings (SSSR count). The maximum atomic E-state index is 12.0. The Bertz CT molecular complexity index is 969. The molecule has 2 aromatic heterocycles. The highest BCUT2D eigenvalue weighted by molar-refractivity contribution is 7.98. The molecule has 23 heavy (non-hydrogen) atoms. The Kier molecular flexibility index (Phi) is 4.28. The van der Waals surface area contributed by atoms with E-state index in [2.05, 4.69) is 14.3 Å². The molecule has 2 heterocycles. The van der Waals surface area contributed by atoms with Gasteiger partial charge in [0.15, 0.2) is 5.16 Å². The number of thioether (sulfide) groups is 1. The van der Waals surface area contributed by atoms with Crippen LogP contribution in [0.4, 0.5) is 0 Å². The van der Waals surface area contributed by atoms with Crippen molar-refractivity contribution >= 4 is 23.3 Å². The van der Waals surface area contributed by atoms with E-state index in [0.717, 1.165) is 21.7 Å². The molecule has 0 aliphatic heterocycles. The number of nitrogens with zero attached hydrogens (tertiary/aromatic N) is 3. The summed E-state index contributed by atoms with van der Waals surface area (Å²) in [7, 11) is 0. The summed E-state index contributed by atoms with van der Waals surface area (Å²) in [5.74, 6) is 0. The largest absolute Gasteiger partial charge is 0.300 e. The van der Waals surface area contributed by atoms with Crippen LogP contribution in [0.15, 0.2) is 40.3 Å². The second kappa shape index (κ2) is 6.36. The van der Waals surface area contributed by atoms with E-state index in [9.17, 15) is 10.1 Å². The van der Waals surface area contributed by atoms with E-state index in [0.29, 0.717) is 10.9 Å². The quantitative estimate of drug-likeness (QED) is 0.583. The molecule has 7 heteroatoms. The first-order chi connectivity index (χ1) is 11.1. The normalized spacial score (nSPS) is 10.5. The zero-order chi connectivity index (χ0) is 16.4. The van der Waals surface area contributed by atoms with Gasteiger partial charge < -0.3 is 4.98 Å². The zero-order valence-corrected chi connectivity index (χ0v) is 14.1. The van der Waals surface area contributed by atoms with Gasteiger partial charge in [0, 0.05) is 5.56 Å². The number of hydrogen-bond donors (Lipinski definition) is 1. The van der Waals surface area contributed by atoms with Gasteiger partial charge >= 0.3 is 0 Å².